The van der Waals surface area contributed by atoms with Crippen molar-refractivity contribution in [3.8, 4) is 0 Å². The quantitative estimate of drug-likeness (QED) is 0.648. The Balaban J connectivity index is 2.13. The minimum Gasteiger partial charge on any atom is -0.462 e. The van der Waals surface area contributed by atoms with Crippen molar-refractivity contribution >= 4 is 28.7 Å². The van der Waals surface area contributed by atoms with Crippen LogP contribution in [0.15, 0.2) is 29.1 Å². The maximum atomic E-state index is 11.7. The fourth-order valence-corrected chi connectivity index (χ4v) is 2.18. The lowest BCUT2D eigenvalue weighted by molar-refractivity contribution is 0.0527. The van der Waals surface area contributed by atoms with Crippen LogP contribution in [0, 0.1) is 0 Å². The second-order valence-corrected chi connectivity index (χ2v) is 4.54. The van der Waals surface area contributed by atoms with E-state index >= 15 is 0 Å². The van der Waals surface area contributed by atoms with Gasteiger partial charge < -0.3 is 15.8 Å². The first-order chi connectivity index (χ1) is 9.22. The Morgan fingerprint density at radius 1 is 1.53 bits per heavy atom. The molecule has 0 saturated heterocycles. The number of carbonyl (C=O) groups excluding carboxylic acids is 1. The topological polar surface area (TPSA) is 77.2 Å². The number of benzene rings is 1. The molecule has 1 aromatic heterocycles. The van der Waals surface area contributed by atoms with Crippen molar-refractivity contribution in [1.82, 2.24) is 4.98 Å². The van der Waals surface area contributed by atoms with Crippen molar-refractivity contribution in [3.63, 3.8) is 0 Å². The fraction of sp³-hybridized carbons (Fsp3) is 0.231. The highest BCUT2D eigenvalue weighted by atomic mass is 32.1. The molecule has 0 saturated carbocycles. The second-order valence-electron chi connectivity index (χ2n) is 3.82. The molecule has 0 bridgehead atoms. The molecular formula is C13H15N3O2S. The Morgan fingerprint density at radius 3 is 3.05 bits per heavy atom. The Labute approximate surface area is 115 Å². The molecule has 0 atom stereocenters. The first kappa shape index (κ1) is 13.4. The standard InChI is InChI=1S/C13H15N3O2S/c1-2-18-13(17)10-4-3-5-11(12(10)14)15-6-9-7-19-8-16-9/h3-5,7-8,15H,2,6,14H2,1H3. The number of ether oxygens (including phenoxy) is 1. The van der Waals surface area contributed by atoms with Gasteiger partial charge in [-0.2, -0.15) is 0 Å². The molecule has 0 aliphatic rings. The molecule has 0 fully saturated rings. The van der Waals surface area contributed by atoms with Crippen molar-refractivity contribution in [1.29, 1.82) is 0 Å². The number of nitrogens with two attached hydrogens (primary N) is 1. The molecule has 2 rings (SSSR count). The van der Waals surface area contributed by atoms with Crippen LogP contribution in [0.25, 0.3) is 0 Å². The van der Waals surface area contributed by atoms with E-state index in [1.165, 1.54) is 11.3 Å². The number of nitrogens with one attached hydrogen (secondary N) is 1. The van der Waals surface area contributed by atoms with Crippen LogP contribution < -0.4 is 11.1 Å². The van der Waals surface area contributed by atoms with Gasteiger partial charge in [-0.05, 0) is 19.1 Å². The lowest BCUT2D eigenvalue weighted by Gasteiger charge is -2.11. The smallest absolute Gasteiger partial charge is 0.340 e. The molecule has 5 nitrogen and oxygen atoms in total. The number of rotatable bonds is 5. The van der Waals surface area contributed by atoms with E-state index in [1.807, 2.05) is 11.4 Å². The van der Waals surface area contributed by atoms with Crippen LogP contribution in [0.5, 0.6) is 0 Å². The highest BCUT2D eigenvalue weighted by Crippen LogP contribution is 2.24. The molecule has 1 heterocycles. The molecule has 0 aliphatic carbocycles. The average Bonchev–Trinajstić information content (AvgIpc) is 2.91. The summed E-state index contributed by atoms with van der Waals surface area (Å²) in [4.78, 5) is 15.9. The third-order valence-corrected chi connectivity index (χ3v) is 3.18. The Kier molecular flexibility index (Phi) is 4.35. The Bertz CT molecular complexity index is 555. The lowest BCUT2D eigenvalue weighted by atomic mass is 10.1. The van der Waals surface area contributed by atoms with Crippen LogP contribution in [0.1, 0.15) is 23.0 Å². The van der Waals surface area contributed by atoms with Crippen molar-refractivity contribution in [2.75, 3.05) is 17.7 Å². The highest BCUT2D eigenvalue weighted by molar-refractivity contribution is 7.07. The highest BCUT2D eigenvalue weighted by Gasteiger charge is 2.13. The van der Waals surface area contributed by atoms with E-state index in [2.05, 4.69) is 10.3 Å². The van der Waals surface area contributed by atoms with E-state index in [9.17, 15) is 4.79 Å². The van der Waals surface area contributed by atoms with Crippen LogP contribution in [0.3, 0.4) is 0 Å². The summed E-state index contributed by atoms with van der Waals surface area (Å²) in [7, 11) is 0. The third kappa shape index (κ3) is 3.23. The number of anilines is 2. The Morgan fingerprint density at radius 2 is 2.37 bits per heavy atom. The largest absolute Gasteiger partial charge is 0.462 e. The molecule has 2 aromatic rings. The number of hydrogen-bond donors (Lipinski definition) is 2. The van der Waals surface area contributed by atoms with E-state index in [-0.39, 0.29) is 0 Å². The molecule has 0 unspecified atom stereocenters. The van der Waals surface area contributed by atoms with E-state index in [4.69, 9.17) is 10.5 Å². The van der Waals surface area contributed by atoms with Gasteiger partial charge in [-0.25, -0.2) is 9.78 Å². The maximum Gasteiger partial charge on any atom is 0.340 e. The number of hydrogen-bond acceptors (Lipinski definition) is 6. The van der Waals surface area contributed by atoms with Crippen LogP contribution in [-0.4, -0.2) is 17.6 Å². The van der Waals surface area contributed by atoms with Crippen molar-refractivity contribution < 1.29 is 9.53 Å². The molecule has 19 heavy (non-hydrogen) atoms. The minimum atomic E-state index is -0.405. The van der Waals surface area contributed by atoms with E-state index in [0.29, 0.717) is 30.1 Å². The average molecular weight is 277 g/mol. The molecule has 0 amide bonds. The lowest BCUT2D eigenvalue weighted by Crippen LogP contribution is -2.10. The molecule has 0 radical (unpaired) electrons. The molecule has 0 spiro atoms. The zero-order chi connectivity index (χ0) is 13.7. The van der Waals surface area contributed by atoms with E-state index < -0.39 is 5.97 Å². The van der Waals surface area contributed by atoms with Gasteiger partial charge in [0.25, 0.3) is 0 Å². The third-order valence-electron chi connectivity index (χ3n) is 2.54. The number of thiazole rings is 1. The summed E-state index contributed by atoms with van der Waals surface area (Å²) in [5.41, 5.74) is 10.2. The van der Waals surface area contributed by atoms with Crippen molar-refractivity contribution in [2.45, 2.75) is 13.5 Å². The molecule has 0 aliphatic heterocycles. The number of nitrogen functional groups attached to an aromatic ring is 1. The van der Waals surface area contributed by atoms with Gasteiger partial charge in [-0.1, -0.05) is 6.07 Å². The van der Waals surface area contributed by atoms with Gasteiger partial charge in [-0.15, -0.1) is 11.3 Å². The maximum absolute atomic E-state index is 11.7. The van der Waals surface area contributed by atoms with Gasteiger partial charge in [-0.3, -0.25) is 0 Å². The van der Waals surface area contributed by atoms with Gasteiger partial charge in [0.05, 0.1) is 41.3 Å². The van der Waals surface area contributed by atoms with Gasteiger partial charge in [0.1, 0.15) is 0 Å². The summed E-state index contributed by atoms with van der Waals surface area (Å²) in [5.74, 6) is -0.405. The number of carbonyl (C=O) groups is 1. The molecule has 1 aromatic carbocycles. The summed E-state index contributed by atoms with van der Waals surface area (Å²) in [5, 5.41) is 5.12. The summed E-state index contributed by atoms with van der Waals surface area (Å²) >= 11 is 1.54. The first-order valence-corrected chi connectivity index (χ1v) is 6.83. The Hall–Kier alpha value is -2.08. The zero-order valence-electron chi connectivity index (χ0n) is 10.6. The zero-order valence-corrected chi connectivity index (χ0v) is 11.4. The van der Waals surface area contributed by atoms with Gasteiger partial charge in [0.15, 0.2) is 0 Å². The predicted molar refractivity (Wildman–Crippen MR) is 76.3 cm³/mol. The van der Waals surface area contributed by atoms with E-state index in [0.717, 1.165) is 5.69 Å². The SMILES string of the molecule is CCOC(=O)c1cccc(NCc2cscn2)c1N. The van der Waals surface area contributed by atoms with Crippen molar-refractivity contribution in [3.05, 3.63) is 40.3 Å². The van der Waals surface area contributed by atoms with Crippen LogP contribution in [0.4, 0.5) is 11.4 Å². The summed E-state index contributed by atoms with van der Waals surface area (Å²) in [6, 6.07) is 5.25. The number of para-hydroxylation sites is 1. The fourth-order valence-electron chi connectivity index (χ4n) is 1.62. The predicted octanol–water partition coefficient (Wildman–Crippen LogP) is 2.51. The molecule has 6 heteroatoms. The summed E-state index contributed by atoms with van der Waals surface area (Å²) < 4.78 is 4.96. The second kappa shape index (κ2) is 6.19. The number of esters is 1. The van der Waals surface area contributed by atoms with Crippen molar-refractivity contribution in [2.24, 2.45) is 0 Å². The summed E-state index contributed by atoms with van der Waals surface area (Å²) in [6.07, 6.45) is 0. The summed E-state index contributed by atoms with van der Waals surface area (Å²) in [6.45, 7) is 2.66. The normalized spacial score (nSPS) is 10.2. The van der Waals surface area contributed by atoms with Crippen LogP contribution in [0.2, 0.25) is 0 Å². The number of nitrogens with zero attached hydrogens (tertiary/aromatic N) is 1. The number of aromatic nitrogens is 1. The van der Waals surface area contributed by atoms with Crippen LogP contribution >= 0.6 is 11.3 Å². The molecular weight excluding hydrogens is 262 g/mol. The molecule has 3 N–H and O–H groups in total. The van der Waals surface area contributed by atoms with Gasteiger partial charge in [0, 0.05) is 5.38 Å². The van der Waals surface area contributed by atoms with E-state index in [1.54, 1.807) is 24.6 Å². The monoisotopic (exact) mass is 277 g/mol. The first-order valence-electron chi connectivity index (χ1n) is 5.89. The van der Waals surface area contributed by atoms with Gasteiger partial charge >= 0.3 is 5.97 Å². The minimum absolute atomic E-state index is 0.328. The van der Waals surface area contributed by atoms with Crippen LogP contribution in [-0.2, 0) is 11.3 Å². The molecule has 100 valence electrons. The van der Waals surface area contributed by atoms with Gasteiger partial charge in [0.2, 0.25) is 0 Å².